The molecular formula is C21H18Br2N2O4. The number of amides is 4. The zero-order valence-corrected chi connectivity index (χ0v) is 18.9. The van der Waals surface area contributed by atoms with Crippen LogP contribution in [0.15, 0.2) is 57.0 Å². The Morgan fingerprint density at radius 2 is 1.69 bits per heavy atom. The van der Waals surface area contributed by atoms with Gasteiger partial charge in [0.2, 0.25) is 0 Å². The van der Waals surface area contributed by atoms with Crippen LogP contribution in [0.1, 0.15) is 19.4 Å². The number of rotatable bonds is 5. The van der Waals surface area contributed by atoms with E-state index in [0.717, 1.165) is 4.90 Å². The fourth-order valence-electron chi connectivity index (χ4n) is 2.69. The lowest BCUT2D eigenvalue weighted by Gasteiger charge is -2.26. The quantitative estimate of drug-likeness (QED) is 0.448. The van der Waals surface area contributed by atoms with Gasteiger partial charge in [-0.25, -0.2) is 9.69 Å². The molecule has 3 rings (SSSR count). The first-order valence-electron chi connectivity index (χ1n) is 8.86. The van der Waals surface area contributed by atoms with Gasteiger partial charge in [0, 0.05) is 0 Å². The summed E-state index contributed by atoms with van der Waals surface area (Å²) < 4.78 is 7.15. The van der Waals surface area contributed by atoms with Crippen LogP contribution in [0, 0.1) is 5.92 Å². The van der Waals surface area contributed by atoms with Gasteiger partial charge in [-0.15, -0.1) is 0 Å². The van der Waals surface area contributed by atoms with Gasteiger partial charge in [0.1, 0.15) is 11.3 Å². The molecule has 0 spiro atoms. The van der Waals surface area contributed by atoms with Gasteiger partial charge < -0.3 is 4.74 Å². The Morgan fingerprint density at radius 1 is 1.07 bits per heavy atom. The third kappa shape index (κ3) is 4.76. The SMILES string of the molecule is CC(C)COc1c(Br)cc(/C=C2\C(=O)NC(=O)N(c3ccccc3)C2=O)cc1Br. The van der Waals surface area contributed by atoms with Gasteiger partial charge in [0.05, 0.1) is 21.2 Å². The van der Waals surface area contributed by atoms with E-state index in [1.165, 1.54) is 6.08 Å². The number of carbonyl (C=O) groups is 3. The highest BCUT2D eigenvalue weighted by Gasteiger charge is 2.36. The van der Waals surface area contributed by atoms with Gasteiger partial charge in [0.25, 0.3) is 11.8 Å². The van der Waals surface area contributed by atoms with Gasteiger partial charge in [-0.1, -0.05) is 32.0 Å². The Bertz CT molecular complexity index is 980. The van der Waals surface area contributed by atoms with Crippen LogP contribution in [0.3, 0.4) is 0 Å². The van der Waals surface area contributed by atoms with Crippen LogP contribution in [0.5, 0.6) is 5.75 Å². The second-order valence-corrected chi connectivity index (χ2v) is 8.52. The van der Waals surface area contributed by atoms with Crippen molar-refractivity contribution in [1.82, 2.24) is 5.32 Å². The van der Waals surface area contributed by atoms with E-state index in [4.69, 9.17) is 4.74 Å². The van der Waals surface area contributed by atoms with E-state index in [2.05, 4.69) is 37.2 Å². The minimum atomic E-state index is -0.775. The average molecular weight is 522 g/mol. The first-order valence-corrected chi connectivity index (χ1v) is 10.4. The molecule has 1 heterocycles. The van der Waals surface area contributed by atoms with E-state index in [9.17, 15) is 14.4 Å². The number of imide groups is 2. The number of halogens is 2. The number of nitrogens with one attached hydrogen (secondary N) is 1. The third-order valence-corrected chi connectivity index (χ3v) is 5.19. The number of para-hydroxylation sites is 1. The maximum atomic E-state index is 12.9. The zero-order chi connectivity index (χ0) is 21.1. The first kappa shape index (κ1) is 21.3. The molecule has 29 heavy (non-hydrogen) atoms. The Hall–Kier alpha value is -2.45. The van der Waals surface area contributed by atoms with Crippen molar-refractivity contribution in [3.8, 4) is 5.75 Å². The van der Waals surface area contributed by atoms with Crippen molar-refractivity contribution in [3.63, 3.8) is 0 Å². The van der Waals surface area contributed by atoms with Gasteiger partial charge in [0.15, 0.2) is 0 Å². The van der Waals surface area contributed by atoms with E-state index in [-0.39, 0.29) is 5.57 Å². The number of urea groups is 1. The number of nitrogens with zero attached hydrogens (tertiary/aromatic N) is 1. The molecule has 150 valence electrons. The normalized spacial score (nSPS) is 15.8. The third-order valence-electron chi connectivity index (χ3n) is 4.01. The van der Waals surface area contributed by atoms with Crippen LogP contribution in [0.2, 0.25) is 0 Å². The molecule has 1 aliphatic heterocycles. The smallest absolute Gasteiger partial charge is 0.335 e. The molecular weight excluding hydrogens is 504 g/mol. The number of benzene rings is 2. The Kier molecular flexibility index (Phi) is 6.54. The number of ether oxygens (including phenoxy) is 1. The van der Waals surface area contributed by atoms with Crippen LogP contribution >= 0.6 is 31.9 Å². The number of hydrogen-bond donors (Lipinski definition) is 1. The fourth-order valence-corrected chi connectivity index (χ4v) is 4.14. The topological polar surface area (TPSA) is 75.7 Å². The van der Waals surface area contributed by atoms with Crippen molar-refractivity contribution < 1.29 is 19.1 Å². The van der Waals surface area contributed by atoms with Crippen molar-refractivity contribution >= 4 is 61.5 Å². The summed E-state index contributed by atoms with van der Waals surface area (Å²) in [7, 11) is 0. The van der Waals surface area contributed by atoms with E-state index >= 15 is 0 Å². The minimum absolute atomic E-state index is 0.136. The number of anilines is 1. The standard InChI is InChI=1S/C21H18Br2N2O4/c1-12(2)11-29-18-16(22)9-13(10-17(18)23)8-15-19(26)24-21(28)25(20(15)27)14-6-4-3-5-7-14/h3-10,12H,11H2,1-2H3,(H,24,26,28)/b15-8+. The Labute approximate surface area is 185 Å². The summed E-state index contributed by atoms with van der Waals surface area (Å²) in [4.78, 5) is 38.4. The van der Waals surface area contributed by atoms with Gasteiger partial charge in [-0.05, 0) is 73.7 Å². The molecule has 0 unspecified atom stereocenters. The van der Waals surface area contributed by atoms with Crippen LogP contribution in [0.25, 0.3) is 6.08 Å². The lowest BCUT2D eigenvalue weighted by atomic mass is 10.1. The molecule has 1 fully saturated rings. The molecule has 0 aromatic heterocycles. The van der Waals surface area contributed by atoms with E-state index < -0.39 is 17.8 Å². The Balaban J connectivity index is 1.95. The molecule has 0 atom stereocenters. The van der Waals surface area contributed by atoms with Crippen molar-refractivity contribution in [1.29, 1.82) is 0 Å². The number of carbonyl (C=O) groups excluding carboxylic acids is 3. The Morgan fingerprint density at radius 3 is 2.28 bits per heavy atom. The van der Waals surface area contributed by atoms with Gasteiger partial charge >= 0.3 is 6.03 Å². The van der Waals surface area contributed by atoms with Crippen molar-refractivity contribution in [2.75, 3.05) is 11.5 Å². The lowest BCUT2D eigenvalue weighted by molar-refractivity contribution is -0.122. The van der Waals surface area contributed by atoms with Crippen molar-refractivity contribution in [3.05, 3.63) is 62.5 Å². The number of barbiturate groups is 1. The summed E-state index contributed by atoms with van der Waals surface area (Å²) >= 11 is 6.93. The molecule has 1 aliphatic rings. The first-order chi connectivity index (χ1) is 13.8. The van der Waals surface area contributed by atoms with E-state index in [1.807, 2.05) is 13.8 Å². The second kappa shape index (κ2) is 8.92. The fraction of sp³-hybridized carbons (Fsp3) is 0.190. The van der Waals surface area contributed by atoms with Crippen LogP contribution in [0.4, 0.5) is 10.5 Å². The highest BCUT2D eigenvalue weighted by atomic mass is 79.9. The summed E-state index contributed by atoms with van der Waals surface area (Å²) in [5, 5.41) is 2.21. The summed E-state index contributed by atoms with van der Waals surface area (Å²) in [6, 6.07) is 11.2. The second-order valence-electron chi connectivity index (χ2n) is 6.81. The van der Waals surface area contributed by atoms with Crippen LogP contribution in [-0.2, 0) is 9.59 Å². The summed E-state index contributed by atoms with van der Waals surface area (Å²) in [5.41, 5.74) is 0.845. The molecule has 0 aliphatic carbocycles. The van der Waals surface area contributed by atoms with Crippen LogP contribution in [-0.4, -0.2) is 24.5 Å². The zero-order valence-electron chi connectivity index (χ0n) is 15.7. The maximum Gasteiger partial charge on any atom is 0.335 e. The summed E-state index contributed by atoms with van der Waals surface area (Å²) in [6.45, 7) is 4.65. The summed E-state index contributed by atoms with van der Waals surface area (Å²) in [6.07, 6.45) is 1.45. The summed E-state index contributed by atoms with van der Waals surface area (Å²) in [5.74, 6) is -0.418. The largest absolute Gasteiger partial charge is 0.491 e. The highest BCUT2D eigenvalue weighted by Crippen LogP contribution is 2.36. The molecule has 0 radical (unpaired) electrons. The molecule has 0 saturated carbocycles. The minimum Gasteiger partial charge on any atom is -0.491 e. The van der Waals surface area contributed by atoms with Crippen molar-refractivity contribution in [2.24, 2.45) is 5.92 Å². The molecule has 2 aromatic carbocycles. The maximum absolute atomic E-state index is 12.9. The molecule has 6 nitrogen and oxygen atoms in total. The average Bonchev–Trinajstić information content (AvgIpc) is 2.65. The molecule has 2 aromatic rings. The predicted octanol–water partition coefficient (Wildman–Crippen LogP) is 4.91. The monoisotopic (exact) mass is 520 g/mol. The molecule has 8 heteroatoms. The van der Waals surface area contributed by atoms with E-state index in [1.54, 1.807) is 42.5 Å². The van der Waals surface area contributed by atoms with E-state index in [0.29, 0.717) is 38.5 Å². The highest BCUT2D eigenvalue weighted by molar-refractivity contribution is 9.11. The van der Waals surface area contributed by atoms with Crippen LogP contribution < -0.4 is 15.0 Å². The predicted molar refractivity (Wildman–Crippen MR) is 118 cm³/mol. The molecule has 4 amide bonds. The van der Waals surface area contributed by atoms with Crippen molar-refractivity contribution in [2.45, 2.75) is 13.8 Å². The van der Waals surface area contributed by atoms with Gasteiger partial charge in [-0.3, -0.25) is 14.9 Å². The molecule has 0 bridgehead atoms. The lowest BCUT2D eigenvalue weighted by Crippen LogP contribution is -2.54. The molecule has 1 saturated heterocycles. The van der Waals surface area contributed by atoms with Gasteiger partial charge in [-0.2, -0.15) is 0 Å². The number of hydrogen-bond acceptors (Lipinski definition) is 4. The molecule has 1 N–H and O–H groups in total.